The third-order valence-corrected chi connectivity index (χ3v) is 3.77. The van der Waals surface area contributed by atoms with Gasteiger partial charge in [-0.15, -0.1) is 0 Å². The van der Waals surface area contributed by atoms with Crippen molar-refractivity contribution in [2.75, 3.05) is 0 Å². The number of carbonyl (C=O) groups is 1. The topological polar surface area (TPSA) is 38.7 Å². The molecule has 0 N–H and O–H groups in total. The van der Waals surface area contributed by atoms with Crippen molar-refractivity contribution in [1.82, 2.24) is 0 Å². The van der Waals surface area contributed by atoms with Gasteiger partial charge in [-0.1, -0.05) is 47.5 Å². The van der Waals surface area contributed by atoms with Gasteiger partial charge in [0, 0.05) is 0 Å². The number of esters is 1. The predicted molar refractivity (Wildman–Crippen MR) is 88.0 cm³/mol. The number of nitrogens with zero attached hydrogens (tertiary/aromatic N) is 1. The zero-order valence-corrected chi connectivity index (χ0v) is 13.0. The summed E-state index contributed by atoms with van der Waals surface area (Å²) in [6, 6.07) is 13.2. The smallest absolute Gasteiger partial charge is 0.363 e. The molecule has 0 radical (unpaired) electrons. The van der Waals surface area contributed by atoms with Crippen LogP contribution in [-0.2, 0) is 9.53 Å². The Labute approximate surface area is 133 Å². The normalized spacial score (nSPS) is 15.9. The van der Waals surface area contributed by atoms with Gasteiger partial charge in [-0.25, -0.2) is 9.79 Å². The van der Waals surface area contributed by atoms with Gasteiger partial charge in [-0.2, -0.15) is 0 Å². The Morgan fingerprint density at radius 1 is 1.14 bits per heavy atom. The molecular weight excluding hydrogens is 298 g/mol. The number of hydrogen-bond donors (Lipinski definition) is 0. The molecule has 0 atom stereocenters. The Hall–Kier alpha value is -2.39. The quantitative estimate of drug-likeness (QED) is 0.612. The van der Waals surface area contributed by atoms with Gasteiger partial charge in [0.05, 0.1) is 10.6 Å². The fourth-order valence-electron chi connectivity index (χ4n) is 2.29. The minimum atomic E-state index is -0.463. The summed E-state index contributed by atoms with van der Waals surface area (Å²) in [5.41, 5.74) is 4.10. The van der Waals surface area contributed by atoms with Gasteiger partial charge >= 0.3 is 5.97 Å². The average Bonchev–Trinajstić information content (AvgIpc) is 2.83. The van der Waals surface area contributed by atoms with E-state index < -0.39 is 5.97 Å². The fourth-order valence-corrected chi connectivity index (χ4v) is 2.51. The van der Waals surface area contributed by atoms with Crippen LogP contribution in [0.3, 0.4) is 0 Å². The molecule has 0 aliphatic carbocycles. The van der Waals surface area contributed by atoms with E-state index in [1.165, 1.54) is 5.56 Å². The molecule has 0 fully saturated rings. The van der Waals surface area contributed by atoms with E-state index in [1.807, 2.05) is 38.1 Å². The van der Waals surface area contributed by atoms with Crippen molar-refractivity contribution >= 4 is 29.5 Å². The Kier molecular flexibility index (Phi) is 3.82. The van der Waals surface area contributed by atoms with E-state index in [2.05, 4.69) is 11.1 Å². The number of ether oxygens (including phenoxy) is 1. The molecule has 0 spiro atoms. The number of cyclic esters (lactones) is 1. The number of benzene rings is 2. The van der Waals surface area contributed by atoms with E-state index >= 15 is 0 Å². The Morgan fingerprint density at radius 2 is 1.91 bits per heavy atom. The highest BCUT2D eigenvalue weighted by Crippen LogP contribution is 2.24. The van der Waals surface area contributed by atoms with Gasteiger partial charge < -0.3 is 4.74 Å². The van der Waals surface area contributed by atoms with Crippen LogP contribution in [0.15, 0.2) is 53.2 Å². The largest absolute Gasteiger partial charge is 0.402 e. The second-order valence-electron chi connectivity index (χ2n) is 5.18. The Bertz CT molecular complexity index is 822. The number of carbonyl (C=O) groups excluding carboxylic acids is 1. The number of rotatable bonds is 2. The average molecular weight is 312 g/mol. The van der Waals surface area contributed by atoms with E-state index in [0.29, 0.717) is 10.6 Å². The molecule has 3 nitrogen and oxygen atoms in total. The van der Waals surface area contributed by atoms with Crippen LogP contribution in [0.2, 0.25) is 5.02 Å². The zero-order valence-electron chi connectivity index (χ0n) is 12.3. The maximum absolute atomic E-state index is 12.0. The van der Waals surface area contributed by atoms with E-state index in [0.717, 1.165) is 11.1 Å². The van der Waals surface area contributed by atoms with Crippen molar-refractivity contribution < 1.29 is 9.53 Å². The molecule has 22 heavy (non-hydrogen) atoms. The molecule has 0 saturated carbocycles. The summed E-state index contributed by atoms with van der Waals surface area (Å²) in [5.74, 6) is -0.221. The van der Waals surface area contributed by atoms with Gasteiger partial charge in [-0.05, 0) is 43.2 Å². The summed E-state index contributed by atoms with van der Waals surface area (Å²) in [6.45, 7) is 4.03. The molecule has 0 saturated heterocycles. The maximum Gasteiger partial charge on any atom is 0.363 e. The molecular formula is C18H14ClNO2. The lowest BCUT2D eigenvalue weighted by Crippen LogP contribution is -2.05. The summed E-state index contributed by atoms with van der Waals surface area (Å²) < 4.78 is 5.23. The SMILES string of the molecule is Cc1ccc(/C=C2\N=C(c3ccccc3Cl)OC2=O)c(C)c1. The lowest BCUT2D eigenvalue weighted by atomic mass is 10.0. The minimum Gasteiger partial charge on any atom is -0.402 e. The minimum absolute atomic E-state index is 0.242. The summed E-state index contributed by atoms with van der Waals surface area (Å²) in [7, 11) is 0. The predicted octanol–water partition coefficient (Wildman–Crippen LogP) is 4.30. The molecule has 1 aliphatic rings. The third kappa shape index (κ3) is 2.81. The first-order valence-electron chi connectivity index (χ1n) is 6.89. The Morgan fingerprint density at radius 3 is 2.64 bits per heavy atom. The maximum atomic E-state index is 12.0. The van der Waals surface area contributed by atoms with Crippen molar-refractivity contribution in [1.29, 1.82) is 0 Å². The molecule has 0 aromatic heterocycles. The summed E-state index contributed by atoms with van der Waals surface area (Å²) in [5, 5.41) is 0.502. The van der Waals surface area contributed by atoms with Crippen LogP contribution in [-0.4, -0.2) is 11.9 Å². The second kappa shape index (κ2) is 5.78. The van der Waals surface area contributed by atoms with Crippen LogP contribution in [0, 0.1) is 13.8 Å². The lowest BCUT2D eigenvalue weighted by Gasteiger charge is -2.01. The third-order valence-electron chi connectivity index (χ3n) is 3.44. The van der Waals surface area contributed by atoms with Gasteiger partial charge in [0.25, 0.3) is 0 Å². The molecule has 0 unspecified atom stereocenters. The van der Waals surface area contributed by atoms with Crippen molar-refractivity contribution in [3.63, 3.8) is 0 Å². The molecule has 2 aromatic carbocycles. The van der Waals surface area contributed by atoms with E-state index in [1.54, 1.807) is 18.2 Å². The molecule has 110 valence electrons. The highest BCUT2D eigenvalue weighted by Gasteiger charge is 2.25. The highest BCUT2D eigenvalue weighted by atomic mass is 35.5. The Balaban J connectivity index is 2.00. The van der Waals surface area contributed by atoms with E-state index in [-0.39, 0.29) is 11.6 Å². The molecule has 0 bridgehead atoms. The fraction of sp³-hybridized carbons (Fsp3) is 0.111. The number of aliphatic imine (C=N–C) groups is 1. The van der Waals surface area contributed by atoms with E-state index in [4.69, 9.17) is 16.3 Å². The van der Waals surface area contributed by atoms with Crippen LogP contribution in [0.1, 0.15) is 22.3 Å². The van der Waals surface area contributed by atoms with Gasteiger partial charge in [0.2, 0.25) is 5.90 Å². The van der Waals surface area contributed by atoms with Crippen molar-refractivity contribution in [3.05, 3.63) is 75.4 Å². The number of aryl methyl sites for hydroxylation is 2. The van der Waals surface area contributed by atoms with Crippen LogP contribution >= 0.6 is 11.6 Å². The number of halogens is 1. The first kappa shape index (κ1) is 14.5. The molecule has 2 aromatic rings. The van der Waals surface area contributed by atoms with Gasteiger partial charge in [0.15, 0.2) is 5.70 Å². The molecule has 3 rings (SSSR count). The summed E-state index contributed by atoms with van der Waals surface area (Å²) in [4.78, 5) is 16.3. The standard InChI is InChI=1S/C18H14ClNO2/c1-11-7-8-13(12(2)9-11)10-16-18(21)22-17(20-16)14-5-3-4-6-15(14)19/h3-10H,1-2H3/b16-10-. The molecule has 0 amide bonds. The summed E-state index contributed by atoms with van der Waals surface area (Å²) in [6.07, 6.45) is 1.74. The number of hydrogen-bond acceptors (Lipinski definition) is 3. The molecule has 1 aliphatic heterocycles. The van der Waals surface area contributed by atoms with Crippen molar-refractivity contribution in [2.24, 2.45) is 4.99 Å². The van der Waals surface area contributed by atoms with Crippen molar-refractivity contribution in [2.45, 2.75) is 13.8 Å². The van der Waals surface area contributed by atoms with E-state index in [9.17, 15) is 4.79 Å². The summed E-state index contributed by atoms with van der Waals surface area (Å²) >= 11 is 6.11. The van der Waals surface area contributed by atoms with Crippen LogP contribution in [0.4, 0.5) is 0 Å². The van der Waals surface area contributed by atoms with Crippen molar-refractivity contribution in [3.8, 4) is 0 Å². The van der Waals surface area contributed by atoms with Gasteiger partial charge in [-0.3, -0.25) is 0 Å². The zero-order chi connectivity index (χ0) is 15.7. The van der Waals surface area contributed by atoms with Crippen LogP contribution < -0.4 is 0 Å². The monoisotopic (exact) mass is 311 g/mol. The first-order chi connectivity index (χ1) is 10.5. The van der Waals surface area contributed by atoms with Gasteiger partial charge in [0.1, 0.15) is 0 Å². The second-order valence-corrected chi connectivity index (χ2v) is 5.58. The lowest BCUT2D eigenvalue weighted by molar-refractivity contribution is -0.129. The molecule has 4 heteroatoms. The molecule has 1 heterocycles. The first-order valence-corrected chi connectivity index (χ1v) is 7.27. The van der Waals surface area contributed by atoms with Crippen LogP contribution in [0.25, 0.3) is 6.08 Å². The highest BCUT2D eigenvalue weighted by molar-refractivity contribution is 6.34. The van der Waals surface area contributed by atoms with Crippen LogP contribution in [0.5, 0.6) is 0 Å².